The third-order valence-corrected chi connectivity index (χ3v) is 6.80. The summed E-state index contributed by atoms with van der Waals surface area (Å²) in [5.41, 5.74) is 1.71. The van der Waals surface area contributed by atoms with Crippen molar-refractivity contribution in [2.45, 2.75) is 20.3 Å². The van der Waals surface area contributed by atoms with Crippen molar-refractivity contribution in [2.75, 3.05) is 25.4 Å². The summed E-state index contributed by atoms with van der Waals surface area (Å²) in [6.45, 7) is 3.43. The highest BCUT2D eigenvalue weighted by atomic mass is 32.2. The van der Waals surface area contributed by atoms with Gasteiger partial charge in [0, 0.05) is 20.0 Å². The number of carbonyl (C=O) groups is 2. The Morgan fingerprint density at radius 1 is 1.17 bits per heavy atom. The molecule has 0 radical (unpaired) electrons. The van der Waals surface area contributed by atoms with Crippen molar-refractivity contribution in [1.29, 1.82) is 0 Å². The first-order valence-electron chi connectivity index (χ1n) is 9.78. The number of aryl methyl sites for hydroxylation is 1. The quantitative estimate of drug-likeness (QED) is 0.682. The third-order valence-electron chi connectivity index (χ3n) is 5.30. The number of rotatable bonds is 7. The molecule has 2 aromatic carbocycles. The Morgan fingerprint density at radius 2 is 1.87 bits per heavy atom. The predicted octanol–water partition coefficient (Wildman–Crippen LogP) is 2.77. The van der Waals surface area contributed by atoms with E-state index in [1.807, 2.05) is 30.3 Å². The SMILES string of the molecule is CC(=O)N1CCC(CS(=O)(=O)NCC(=O)c2cc(-c3ccccc3)cc(C)c2F)C1. The van der Waals surface area contributed by atoms with Gasteiger partial charge in [-0.3, -0.25) is 9.59 Å². The van der Waals surface area contributed by atoms with E-state index in [4.69, 9.17) is 0 Å². The minimum atomic E-state index is -3.73. The molecule has 160 valence electrons. The zero-order valence-corrected chi connectivity index (χ0v) is 17.8. The second kappa shape index (κ2) is 9.06. The van der Waals surface area contributed by atoms with Crippen LogP contribution < -0.4 is 4.72 Å². The molecule has 0 aliphatic carbocycles. The third kappa shape index (κ3) is 5.31. The summed E-state index contributed by atoms with van der Waals surface area (Å²) in [6.07, 6.45) is 0.599. The van der Waals surface area contributed by atoms with Gasteiger partial charge in [-0.05, 0) is 48.1 Å². The molecule has 3 rings (SSSR count). The average molecular weight is 433 g/mol. The van der Waals surface area contributed by atoms with Crippen molar-refractivity contribution in [3.05, 3.63) is 59.4 Å². The van der Waals surface area contributed by atoms with Gasteiger partial charge in [0.25, 0.3) is 0 Å². The Kier molecular flexibility index (Phi) is 6.67. The molecule has 6 nitrogen and oxygen atoms in total. The molecule has 30 heavy (non-hydrogen) atoms. The van der Waals surface area contributed by atoms with Crippen LogP contribution in [-0.2, 0) is 14.8 Å². The van der Waals surface area contributed by atoms with E-state index in [-0.39, 0.29) is 23.1 Å². The van der Waals surface area contributed by atoms with Crippen LogP contribution in [-0.4, -0.2) is 50.4 Å². The van der Waals surface area contributed by atoms with Gasteiger partial charge in [-0.2, -0.15) is 0 Å². The lowest BCUT2D eigenvalue weighted by Gasteiger charge is -2.14. The second-order valence-electron chi connectivity index (χ2n) is 7.67. The minimum absolute atomic E-state index is 0.0813. The van der Waals surface area contributed by atoms with Crippen LogP contribution >= 0.6 is 0 Å². The van der Waals surface area contributed by atoms with E-state index >= 15 is 0 Å². The van der Waals surface area contributed by atoms with Gasteiger partial charge in [0.15, 0.2) is 5.78 Å². The van der Waals surface area contributed by atoms with Gasteiger partial charge in [0.05, 0.1) is 17.9 Å². The van der Waals surface area contributed by atoms with Crippen LogP contribution in [0.5, 0.6) is 0 Å². The van der Waals surface area contributed by atoms with E-state index in [0.717, 1.165) is 5.56 Å². The molecule has 1 aliphatic rings. The first-order valence-corrected chi connectivity index (χ1v) is 11.4. The number of ketones is 1. The Balaban J connectivity index is 1.68. The average Bonchev–Trinajstić information content (AvgIpc) is 3.17. The number of sulfonamides is 1. The molecular formula is C22H25FN2O4S. The van der Waals surface area contributed by atoms with Crippen LogP contribution in [0.1, 0.15) is 29.3 Å². The maximum absolute atomic E-state index is 14.6. The molecule has 1 fully saturated rings. The van der Waals surface area contributed by atoms with Gasteiger partial charge in [-0.15, -0.1) is 0 Å². The number of halogens is 1. The maximum Gasteiger partial charge on any atom is 0.219 e. The van der Waals surface area contributed by atoms with Crippen molar-refractivity contribution < 1.29 is 22.4 Å². The van der Waals surface area contributed by atoms with Crippen LogP contribution in [0.15, 0.2) is 42.5 Å². The van der Waals surface area contributed by atoms with Crippen molar-refractivity contribution >= 4 is 21.7 Å². The molecule has 1 amide bonds. The highest BCUT2D eigenvalue weighted by Gasteiger charge is 2.29. The number of hydrogen-bond donors (Lipinski definition) is 1. The van der Waals surface area contributed by atoms with E-state index in [1.165, 1.54) is 13.0 Å². The molecule has 0 spiro atoms. The van der Waals surface area contributed by atoms with E-state index in [9.17, 15) is 22.4 Å². The lowest BCUT2D eigenvalue weighted by molar-refractivity contribution is -0.127. The van der Waals surface area contributed by atoms with Crippen LogP contribution in [0, 0.1) is 18.7 Å². The number of hydrogen-bond acceptors (Lipinski definition) is 4. The van der Waals surface area contributed by atoms with Gasteiger partial charge >= 0.3 is 0 Å². The number of benzene rings is 2. The molecule has 1 heterocycles. The number of Topliss-reactive ketones (excluding diaryl/α,β-unsaturated/α-hetero) is 1. The summed E-state index contributed by atoms with van der Waals surface area (Å²) in [5.74, 6) is -1.71. The van der Waals surface area contributed by atoms with Crippen molar-refractivity contribution in [2.24, 2.45) is 5.92 Å². The number of amides is 1. The molecule has 1 aliphatic heterocycles. The van der Waals surface area contributed by atoms with Crippen LogP contribution in [0.2, 0.25) is 0 Å². The molecule has 1 N–H and O–H groups in total. The highest BCUT2D eigenvalue weighted by molar-refractivity contribution is 7.89. The van der Waals surface area contributed by atoms with Gasteiger partial charge in [0.2, 0.25) is 15.9 Å². The molecule has 0 bridgehead atoms. The summed E-state index contributed by atoms with van der Waals surface area (Å²) >= 11 is 0. The summed E-state index contributed by atoms with van der Waals surface area (Å²) in [6, 6.07) is 12.4. The predicted molar refractivity (Wildman–Crippen MR) is 113 cm³/mol. The monoisotopic (exact) mass is 432 g/mol. The van der Waals surface area contributed by atoms with Crippen LogP contribution in [0.4, 0.5) is 4.39 Å². The molecule has 0 saturated carbocycles. The smallest absolute Gasteiger partial charge is 0.219 e. The summed E-state index contributed by atoms with van der Waals surface area (Å²) in [7, 11) is -3.73. The Morgan fingerprint density at radius 3 is 2.50 bits per heavy atom. The number of carbonyl (C=O) groups excluding carboxylic acids is 2. The second-order valence-corrected chi connectivity index (χ2v) is 9.52. The standard InChI is InChI=1S/C22H25FN2O4S/c1-15-10-19(18-6-4-3-5-7-18)11-20(22(15)23)21(27)12-24-30(28,29)14-17-8-9-25(13-17)16(2)26/h3-7,10-11,17,24H,8-9,12-14H2,1-2H3. The number of nitrogens with one attached hydrogen (secondary N) is 1. The molecular weight excluding hydrogens is 407 g/mol. The van der Waals surface area contributed by atoms with E-state index in [1.54, 1.807) is 17.9 Å². The lowest BCUT2D eigenvalue weighted by atomic mass is 9.98. The van der Waals surface area contributed by atoms with Crippen LogP contribution in [0.25, 0.3) is 11.1 Å². The Hall–Kier alpha value is -2.58. The van der Waals surface area contributed by atoms with E-state index in [0.29, 0.717) is 30.6 Å². The summed E-state index contributed by atoms with van der Waals surface area (Å²) in [4.78, 5) is 25.6. The molecule has 2 aromatic rings. The molecule has 1 atom stereocenters. The van der Waals surface area contributed by atoms with Crippen molar-refractivity contribution in [1.82, 2.24) is 9.62 Å². The van der Waals surface area contributed by atoms with Crippen molar-refractivity contribution in [3.8, 4) is 11.1 Å². The van der Waals surface area contributed by atoms with Crippen LogP contribution in [0.3, 0.4) is 0 Å². The fourth-order valence-corrected chi connectivity index (χ4v) is 5.03. The van der Waals surface area contributed by atoms with Gasteiger partial charge < -0.3 is 4.90 Å². The summed E-state index contributed by atoms with van der Waals surface area (Å²) in [5, 5.41) is 0. The molecule has 0 aromatic heterocycles. The summed E-state index contributed by atoms with van der Waals surface area (Å²) < 4.78 is 41.6. The van der Waals surface area contributed by atoms with Gasteiger partial charge in [-0.25, -0.2) is 17.5 Å². The van der Waals surface area contributed by atoms with E-state index < -0.39 is 28.2 Å². The topological polar surface area (TPSA) is 83.6 Å². The van der Waals surface area contributed by atoms with Gasteiger partial charge in [0.1, 0.15) is 5.82 Å². The normalized spacial score (nSPS) is 16.6. The lowest BCUT2D eigenvalue weighted by Crippen LogP contribution is -2.35. The fourth-order valence-electron chi connectivity index (χ4n) is 3.66. The van der Waals surface area contributed by atoms with Gasteiger partial charge in [-0.1, -0.05) is 30.3 Å². The first-order chi connectivity index (χ1) is 14.2. The fraction of sp³-hybridized carbons (Fsp3) is 0.364. The molecule has 8 heteroatoms. The largest absolute Gasteiger partial charge is 0.343 e. The molecule has 1 unspecified atom stereocenters. The van der Waals surface area contributed by atoms with E-state index in [2.05, 4.69) is 4.72 Å². The number of likely N-dealkylation sites (tertiary alicyclic amines) is 1. The maximum atomic E-state index is 14.6. The number of nitrogens with zero attached hydrogens (tertiary/aromatic N) is 1. The molecule has 1 saturated heterocycles. The zero-order chi connectivity index (χ0) is 21.9. The Bertz CT molecular complexity index is 1050. The first kappa shape index (κ1) is 22.1. The zero-order valence-electron chi connectivity index (χ0n) is 17.0. The Labute approximate surface area is 176 Å². The minimum Gasteiger partial charge on any atom is -0.343 e. The van der Waals surface area contributed by atoms with Crippen molar-refractivity contribution in [3.63, 3.8) is 0 Å². The highest BCUT2D eigenvalue weighted by Crippen LogP contribution is 2.25.